The molecule has 1 aromatic heterocycles. The largest absolute Gasteiger partial charge is 0.384 e. The fourth-order valence-electron chi connectivity index (χ4n) is 2.54. The second-order valence-corrected chi connectivity index (χ2v) is 7.46. The zero-order valence-corrected chi connectivity index (χ0v) is 15.7. The number of rotatable bonds is 7. The molecule has 0 fully saturated rings. The van der Waals surface area contributed by atoms with Crippen molar-refractivity contribution in [2.24, 2.45) is 0 Å². The van der Waals surface area contributed by atoms with Gasteiger partial charge < -0.3 is 9.84 Å². The van der Waals surface area contributed by atoms with E-state index in [9.17, 15) is 9.50 Å². The van der Waals surface area contributed by atoms with Gasteiger partial charge in [-0.25, -0.2) is 4.39 Å². The van der Waals surface area contributed by atoms with E-state index in [2.05, 4.69) is 4.98 Å². The van der Waals surface area contributed by atoms with Crippen LogP contribution < -0.4 is 0 Å². The summed E-state index contributed by atoms with van der Waals surface area (Å²) >= 11 is 0. The van der Waals surface area contributed by atoms with Gasteiger partial charge in [0.15, 0.2) is 0 Å². The lowest BCUT2D eigenvalue weighted by molar-refractivity contribution is 0.0737. The fourth-order valence-corrected chi connectivity index (χ4v) is 2.54. The minimum Gasteiger partial charge on any atom is -0.384 e. The van der Waals surface area contributed by atoms with Gasteiger partial charge in [0.2, 0.25) is 0 Å². The zero-order chi connectivity index (χ0) is 18.6. The Bertz CT molecular complexity index is 690. The molecule has 4 heteroatoms. The lowest BCUT2D eigenvalue weighted by atomic mass is 10.00. The summed E-state index contributed by atoms with van der Waals surface area (Å²) in [4.78, 5) is 4.31. The second-order valence-electron chi connectivity index (χ2n) is 7.46. The molecule has 1 aromatic carbocycles. The molecule has 0 spiro atoms. The highest BCUT2D eigenvalue weighted by atomic mass is 19.1. The van der Waals surface area contributed by atoms with Crippen LogP contribution in [-0.2, 0) is 16.9 Å². The van der Waals surface area contributed by atoms with E-state index in [1.165, 1.54) is 0 Å². The number of aromatic nitrogens is 1. The molecule has 2 rings (SSSR count). The topological polar surface area (TPSA) is 42.4 Å². The summed E-state index contributed by atoms with van der Waals surface area (Å²) in [6.07, 6.45) is 1.76. The van der Waals surface area contributed by atoms with Gasteiger partial charge >= 0.3 is 0 Å². The maximum atomic E-state index is 14.1. The molecule has 1 unspecified atom stereocenters. The third-order valence-electron chi connectivity index (χ3n) is 4.35. The summed E-state index contributed by atoms with van der Waals surface area (Å²) in [7, 11) is 0. The van der Waals surface area contributed by atoms with E-state index in [1.54, 1.807) is 32.2 Å². The van der Waals surface area contributed by atoms with Crippen molar-refractivity contribution in [2.45, 2.75) is 58.7 Å². The molecule has 0 aliphatic rings. The number of benzene rings is 1. The first kappa shape index (κ1) is 19.5. The van der Waals surface area contributed by atoms with Crippen LogP contribution >= 0.6 is 0 Å². The molecule has 0 aliphatic carbocycles. The molecule has 25 heavy (non-hydrogen) atoms. The summed E-state index contributed by atoms with van der Waals surface area (Å²) in [6, 6.07) is 9.12. The Kier molecular flexibility index (Phi) is 6.31. The number of pyridine rings is 1. The highest BCUT2D eigenvalue weighted by Crippen LogP contribution is 2.22. The number of aliphatic hydroxyl groups is 1. The normalized spacial score (nSPS) is 13.3. The highest BCUT2D eigenvalue weighted by Gasteiger charge is 2.18. The molecule has 1 N–H and O–H groups in total. The fraction of sp³-hybridized carbons (Fsp3) is 0.476. The van der Waals surface area contributed by atoms with Crippen molar-refractivity contribution in [3.05, 3.63) is 64.7 Å². The monoisotopic (exact) mass is 345 g/mol. The summed E-state index contributed by atoms with van der Waals surface area (Å²) in [6.45, 7) is 10.3. The molecule has 0 aliphatic heterocycles. The van der Waals surface area contributed by atoms with Gasteiger partial charge in [0.25, 0.3) is 0 Å². The van der Waals surface area contributed by atoms with E-state index in [0.29, 0.717) is 23.8 Å². The average Bonchev–Trinajstić information content (AvgIpc) is 2.55. The molecule has 0 bridgehead atoms. The van der Waals surface area contributed by atoms with Gasteiger partial charge in [-0.05, 0) is 43.0 Å². The van der Waals surface area contributed by atoms with E-state index in [4.69, 9.17) is 4.74 Å². The van der Waals surface area contributed by atoms with Crippen LogP contribution in [0.5, 0.6) is 0 Å². The lowest BCUT2D eigenvalue weighted by Gasteiger charge is -2.18. The third kappa shape index (κ3) is 5.35. The molecule has 0 radical (unpaired) electrons. The van der Waals surface area contributed by atoms with Crippen LogP contribution in [0.1, 0.15) is 68.8 Å². The first-order chi connectivity index (χ1) is 11.7. The Hall–Kier alpha value is -1.78. The summed E-state index contributed by atoms with van der Waals surface area (Å²) in [5.74, 6) is 0.236. The van der Waals surface area contributed by atoms with Gasteiger partial charge in [-0.1, -0.05) is 39.0 Å². The highest BCUT2D eigenvalue weighted by molar-refractivity contribution is 5.26. The van der Waals surface area contributed by atoms with Crippen molar-refractivity contribution in [3.8, 4) is 0 Å². The maximum Gasteiger partial charge on any atom is 0.129 e. The predicted molar refractivity (Wildman–Crippen MR) is 98.0 cm³/mol. The van der Waals surface area contributed by atoms with Crippen molar-refractivity contribution in [3.63, 3.8) is 0 Å². The zero-order valence-electron chi connectivity index (χ0n) is 15.7. The van der Waals surface area contributed by atoms with E-state index < -0.39 is 5.60 Å². The number of hydrogen-bond donors (Lipinski definition) is 1. The standard InChI is InChI=1S/C21H28FNO2/c1-14(2)16-6-7-18(19(22)10-16)13-25-12-15(3)17-8-9-20(23-11-17)21(4,5)24/h6-11,14-15,24H,12-13H2,1-5H3. The average molecular weight is 345 g/mol. The SMILES string of the molecule is CC(C)c1ccc(COCC(C)c2ccc(C(C)(C)O)nc2)c(F)c1. The molecule has 0 saturated heterocycles. The Morgan fingerprint density at radius 2 is 1.80 bits per heavy atom. The van der Waals surface area contributed by atoms with Gasteiger partial charge in [0.05, 0.1) is 18.9 Å². The number of ether oxygens (including phenoxy) is 1. The number of hydrogen-bond acceptors (Lipinski definition) is 3. The van der Waals surface area contributed by atoms with Gasteiger partial charge in [0.1, 0.15) is 11.4 Å². The van der Waals surface area contributed by atoms with Crippen LogP contribution in [0, 0.1) is 5.82 Å². The van der Waals surface area contributed by atoms with Crippen molar-refractivity contribution >= 4 is 0 Å². The van der Waals surface area contributed by atoms with Crippen molar-refractivity contribution < 1.29 is 14.2 Å². The third-order valence-corrected chi connectivity index (χ3v) is 4.35. The van der Waals surface area contributed by atoms with E-state index in [0.717, 1.165) is 11.1 Å². The summed E-state index contributed by atoms with van der Waals surface area (Å²) < 4.78 is 19.8. The molecule has 3 nitrogen and oxygen atoms in total. The van der Waals surface area contributed by atoms with Crippen LogP contribution in [0.4, 0.5) is 4.39 Å². The smallest absolute Gasteiger partial charge is 0.129 e. The maximum absolute atomic E-state index is 14.1. The molecule has 0 amide bonds. The van der Waals surface area contributed by atoms with Crippen LogP contribution in [0.3, 0.4) is 0 Å². The summed E-state index contributed by atoms with van der Waals surface area (Å²) in [5.41, 5.74) is 2.29. The van der Waals surface area contributed by atoms with Gasteiger partial charge in [-0.15, -0.1) is 0 Å². The second kappa shape index (κ2) is 8.07. The Balaban J connectivity index is 1.91. The molecular formula is C21H28FNO2. The van der Waals surface area contributed by atoms with E-state index >= 15 is 0 Å². The molecular weight excluding hydrogens is 317 g/mol. The Labute approximate surface area is 149 Å². The molecule has 0 saturated carbocycles. The minimum atomic E-state index is -0.946. The first-order valence-electron chi connectivity index (χ1n) is 8.73. The molecule has 1 atom stereocenters. The van der Waals surface area contributed by atoms with Crippen molar-refractivity contribution in [2.75, 3.05) is 6.61 Å². The van der Waals surface area contributed by atoms with Gasteiger partial charge in [0, 0.05) is 17.7 Å². The van der Waals surface area contributed by atoms with Crippen LogP contribution in [0.15, 0.2) is 36.5 Å². The minimum absolute atomic E-state index is 0.140. The quantitative estimate of drug-likeness (QED) is 0.777. The summed E-state index contributed by atoms with van der Waals surface area (Å²) in [5, 5.41) is 9.94. The molecule has 136 valence electrons. The van der Waals surface area contributed by atoms with E-state index in [1.807, 2.05) is 39.0 Å². The van der Waals surface area contributed by atoms with Crippen molar-refractivity contribution in [1.82, 2.24) is 4.98 Å². The Morgan fingerprint density at radius 1 is 1.12 bits per heavy atom. The van der Waals surface area contributed by atoms with Gasteiger partial charge in [-0.3, -0.25) is 4.98 Å². The number of halogens is 1. The van der Waals surface area contributed by atoms with Crippen LogP contribution in [0.25, 0.3) is 0 Å². The molecule has 2 aromatic rings. The molecule has 1 heterocycles. The number of nitrogens with zero attached hydrogens (tertiary/aromatic N) is 1. The van der Waals surface area contributed by atoms with E-state index in [-0.39, 0.29) is 18.3 Å². The lowest BCUT2D eigenvalue weighted by Crippen LogP contribution is -2.17. The Morgan fingerprint density at radius 3 is 2.32 bits per heavy atom. The predicted octanol–water partition coefficient (Wildman–Crippen LogP) is 4.89. The van der Waals surface area contributed by atoms with Gasteiger partial charge in [-0.2, -0.15) is 0 Å². The first-order valence-corrected chi connectivity index (χ1v) is 8.73. The van der Waals surface area contributed by atoms with Crippen LogP contribution in [0.2, 0.25) is 0 Å². The van der Waals surface area contributed by atoms with Crippen molar-refractivity contribution in [1.29, 1.82) is 0 Å². The van der Waals surface area contributed by atoms with Crippen LogP contribution in [-0.4, -0.2) is 16.7 Å².